The third-order valence-corrected chi connectivity index (χ3v) is 3.64. The molecule has 2 rings (SSSR count). The zero-order valence-electron chi connectivity index (χ0n) is 12.0. The van der Waals surface area contributed by atoms with Crippen LogP contribution in [-0.2, 0) is 0 Å². The number of amides is 1. The van der Waals surface area contributed by atoms with Gasteiger partial charge in [-0.3, -0.25) is 4.79 Å². The minimum atomic E-state index is -0.0672. The van der Waals surface area contributed by atoms with Crippen LogP contribution in [0, 0.1) is 5.41 Å². The molecule has 0 aromatic carbocycles. The van der Waals surface area contributed by atoms with Crippen molar-refractivity contribution in [3.63, 3.8) is 0 Å². The predicted molar refractivity (Wildman–Crippen MR) is 77.3 cm³/mol. The van der Waals surface area contributed by atoms with Crippen LogP contribution in [-0.4, -0.2) is 23.5 Å². The molecule has 0 aliphatic heterocycles. The molecule has 4 heteroatoms. The quantitative estimate of drug-likeness (QED) is 0.876. The van der Waals surface area contributed by atoms with E-state index in [0.29, 0.717) is 11.1 Å². The Labute approximate surface area is 115 Å². The second-order valence-electron chi connectivity index (χ2n) is 6.02. The van der Waals surface area contributed by atoms with E-state index in [-0.39, 0.29) is 11.9 Å². The van der Waals surface area contributed by atoms with Crippen LogP contribution in [0.15, 0.2) is 18.2 Å². The first-order chi connectivity index (χ1) is 9.00. The first-order valence-corrected chi connectivity index (χ1v) is 7.02. The van der Waals surface area contributed by atoms with Crippen molar-refractivity contribution in [3.05, 3.63) is 23.9 Å². The number of nitrogens with one attached hydrogen (secondary N) is 2. The molecule has 0 radical (unpaired) electrons. The highest BCUT2D eigenvalue weighted by Gasteiger charge is 2.31. The van der Waals surface area contributed by atoms with E-state index in [9.17, 15) is 4.79 Å². The van der Waals surface area contributed by atoms with Crippen molar-refractivity contribution in [3.8, 4) is 0 Å². The summed E-state index contributed by atoms with van der Waals surface area (Å²) in [6, 6.07) is 5.78. The van der Waals surface area contributed by atoms with Crippen molar-refractivity contribution in [1.29, 1.82) is 0 Å². The molecule has 2 N–H and O–H groups in total. The molecule has 1 aromatic rings. The number of rotatable bonds is 4. The van der Waals surface area contributed by atoms with Gasteiger partial charge >= 0.3 is 0 Å². The van der Waals surface area contributed by atoms with Crippen molar-refractivity contribution in [1.82, 2.24) is 10.3 Å². The van der Waals surface area contributed by atoms with E-state index in [1.165, 1.54) is 6.42 Å². The third-order valence-electron chi connectivity index (χ3n) is 3.64. The summed E-state index contributed by atoms with van der Waals surface area (Å²) in [5.74, 6) is 0.685. The van der Waals surface area contributed by atoms with Crippen molar-refractivity contribution in [2.45, 2.75) is 46.1 Å². The van der Waals surface area contributed by atoms with E-state index >= 15 is 0 Å². The minimum Gasteiger partial charge on any atom is -0.370 e. The molecule has 1 fully saturated rings. The van der Waals surface area contributed by atoms with E-state index in [4.69, 9.17) is 0 Å². The lowest BCUT2D eigenvalue weighted by atomic mass is 9.92. The Morgan fingerprint density at radius 2 is 2.26 bits per heavy atom. The third kappa shape index (κ3) is 3.69. The van der Waals surface area contributed by atoms with Gasteiger partial charge in [0, 0.05) is 12.6 Å². The van der Waals surface area contributed by atoms with Crippen LogP contribution < -0.4 is 10.6 Å². The summed E-state index contributed by atoms with van der Waals surface area (Å²) < 4.78 is 0. The summed E-state index contributed by atoms with van der Waals surface area (Å²) in [5.41, 5.74) is 0.833. The van der Waals surface area contributed by atoms with E-state index in [0.717, 1.165) is 25.2 Å². The second-order valence-corrected chi connectivity index (χ2v) is 6.02. The van der Waals surface area contributed by atoms with Crippen molar-refractivity contribution < 1.29 is 4.79 Å². The van der Waals surface area contributed by atoms with E-state index in [1.54, 1.807) is 6.07 Å². The van der Waals surface area contributed by atoms with Gasteiger partial charge in [-0.2, -0.15) is 0 Å². The average molecular weight is 261 g/mol. The van der Waals surface area contributed by atoms with E-state index in [1.807, 2.05) is 19.1 Å². The molecule has 0 bridgehead atoms. The lowest BCUT2D eigenvalue weighted by Crippen LogP contribution is -2.34. The summed E-state index contributed by atoms with van der Waals surface area (Å²) >= 11 is 0. The molecule has 104 valence electrons. The number of carbonyl (C=O) groups is 1. The van der Waals surface area contributed by atoms with Crippen LogP contribution in [0.4, 0.5) is 5.82 Å². The zero-order chi connectivity index (χ0) is 13.9. The van der Waals surface area contributed by atoms with Gasteiger partial charge in [-0.1, -0.05) is 19.9 Å². The Kier molecular flexibility index (Phi) is 4.08. The molecular formula is C15H23N3O. The first kappa shape index (κ1) is 13.8. The molecule has 1 amide bonds. The van der Waals surface area contributed by atoms with Gasteiger partial charge in [-0.15, -0.1) is 0 Å². The van der Waals surface area contributed by atoms with Crippen LogP contribution in [0.1, 0.15) is 50.5 Å². The van der Waals surface area contributed by atoms with Crippen LogP contribution in [0.5, 0.6) is 0 Å². The van der Waals surface area contributed by atoms with Crippen molar-refractivity contribution >= 4 is 11.7 Å². The topological polar surface area (TPSA) is 54.0 Å². The fraction of sp³-hybridized carbons (Fsp3) is 0.600. The van der Waals surface area contributed by atoms with Gasteiger partial charge in [-0.05, 0) is 43.7 Å². The Morgan fingerprint density at radius 3 is 2.89 bits per heavy atom. The Hall–Kier alpha value is -1.58. The lowest BCUT2D eigenvalue weighted by Gasteiger charge is -2.17. The van der Waals surface area contributed by atoms with Crippen molar-refractivity contribution in [2.24, 2.45) is 5.41 Å². The smallest absolute Gasteiger partial charge is 0.270 e. The molecular weight excluding hydrogens is 238 g/mol. The number of carbonyl (C=O) groups excluding carboxylic acids is 1. The Bertz CT molecular complexity index is 456. The number of anilines is 1. The largest absolute Gasteiger partial charge is 0.370 e. The molecule has 1 saturated carbocycles. The normalized spacial score (nSPS) is 21.1. The Balaban J connectivity index is 1.98. The van der Waals surface area contributed by atoms with Gasteiger partial charge in [0.1, 0.15) is 11.5 Å². The van der Waals surface area contributed by atoms with E-state index in [2.05, 4.69) is 29.5 Å². The molecule has 0 saturated heterocycles. The highest BCUT2D eigenvalue weighted by molar-refractivity contribution is 5.92. The monoisotopic (exact) mass is 261 g/mol. The van der Waals surface area contributed by atoms with Gasteiger partial charge in [0.15, 0.2) is 0 Å². The van der Waals surface area contributed by atoms with Gasteiger partial charge in [0.25, 0.3) is 5.91 Å². The van der Waals surface area contributed by atoms with Gasteiger partial charge in [0.2, 0.25) is 0 Å². The lowest BCUT2D eigenvalue weighted by molar-refractivity contribution is 0.0931. The molecule has 0 spiro atoms. The number of pyridine rings is 1. The molecule has 4 nitrogen and oxygen atoms in total. The maximum absolute atomic E-state index is 12.2. The maximum Gasteiger partial charge on any atom is 0.270 e. The molecule has 1 aliphatic rings. The van der Waals surface area contributed by atoms with Gasteiger partial charge in [-0.25, -0.2) is 4.98 Å². The van der Waals surface area contributed by atoms with Gasteiger partial charge in [0.05, 0.1) is 0 Å². The molecule has 1 heterocycles. The van der Waals surface area contributed by atoms with Gasteiger partial charge < -0.3 is 10.6 Å². The molecule has 1 aliphatic carbocycles. The average Bonchev–Trinajstić information content (AvgIpc) is 2.69. The van der Waals surface area contributed by atoms with Crippen LogP contribution in [0.3, 0.4) is 0 Å². The Morgan fingerprint density at radius 1 is 1.47 bits per heavy atom. The number of hydrogen-bond donors (Lipinski definition) is 2. The highest BCUT2D eigenvalue weighted by Crippen LogP contribution is 2.36. The number of hydrogen-bond acceptors (Lipinski definition) is 3. The van der Waals surface area contributed by atoms with E-state index < -0.39 is 0 Å². The molecule has 1 unspecified atom stereocenters. The molecule has 1 aromatic heterocycles. The number of nitrogens with zero attached hydrogens (tertiary/aromatic N) is 1. The summed E-state index contributed by atoms with van der Waals surface area (Å²) in [4.78, 5) is 16.5. The summed E-state index contributed by atoms with van der Waals surface area (Å²) in [5, 5.41) is 6.21. The van der Waals surface area contributed by atoms with Crippen LogP contribution in [0.25, 0.3) is 0 Å². The summed E-state index contributed by atoms with van der Waals surface area (Å²) in [7, 11) is 0. The minimum absolute atomic E-state index is 0.0672. The molecule has 19 heavy (non-hydrogen) atoms. The van der Waals surface area contributed by atoms with Crippen LogP contribution in [0.2, 0.25) is 0 Å². The second kappa shape index (κ2) is 5.59. The molecule has 1 atom stereocenters. The SMILES string of the molecule is CCNc1cccc(C(=O)NC2CCC(C)(C)C2)n1. The van der Waals surface area contributed by atoms with Crippen LogP contribution >= 0.6 is 0 Å². The summed E-state index contributed by atoms with van der Waals surface area (Å²) in [6.45, 7) is 7.32. The highest BCUT2D eigenvalue weighted by atomic mass is 16.1. The maximum atomic E-state index is 12.2. The fourth-order valence-corrected chi connectivity index (χ4v) is 2.66. The standard InChI is InChI=1S/C15H23N3O/c1-4-16-13-7-5-6-12(18-13)14(19)17-11-8-9-15(2,3)10-11/h5-7,11H,4,8-10H2,1-3H3,(H,16,18)(H,17,19). The van der Waals surface area contributed by atoms with Crippen molar-refractivity contribution in [2.75, 3.05) is 11.9 Å². The summed E-state index contributed by atoms with van der Waals surface area (Å²) in [6.07, 6.45) is 3.28. The number of aromatic nitrogens is 1. The predicted octanol–water partition coefficient (Wildman–Crippen LogP) is 2.82. The zero-order valence-corrected chi connectivity index (χ0v) is 12.0. The first-order valence-electron chi connectivity index (χ1n) is 7.02. The fourth-order valence-electron chi connectivity index (χ4n) is 2.66.